The number of allylic oxidation sites excluding steroid dienone is 1. The van der Waals surface area contributed by atoms with Gasteiger partial charge in [-0.1, -0.05) is 11.1 Å². The van der Waals surface area contributed by atoms with Gasteiger partial charge in [0.25, 0.3) is 0 Å². The van der Waals surface area contributed by atoms with E-state index in [1.807, 2.05) is 0 Å². The first-order chi connectivity index (χ1) is 7.01. The van der Waals surface area contributed by atoms with E-state index in [-0.39, 0.29) is 23.1 Å². The second kappa shape index (κ2) is 3.85. The van der Waals surface area contributed by atoms with Gasteiger partial charge in [-0.2, -0.15) is 26.3 Å². The Balaban J connectivity index is 3.21. The molecule has 0 nitrogen and oxygen atoms in total. The van der Waals surface area contributed by atoms with Gasteiger partial charge in [0.05, 0.1) is 0 Å². The molecule has 0 atom stereocenters. The summed E-state index contributed by atoms with van der Waals surface area (Å²) in [5, 5.41) is 0. The van der Waals surface area contributed by atoms with E-state index in [9.17, 15) is 26.3 Å². The van der Waals surface area contributed by atoms with Crippen LogP contribution in [0.3, 0.4) is 0 Å². The smallest absolute Gasteiger partial charge is 0.169 e. The summed E-state index contributed by atoms with van der Waals surface area (Å²) in [6, 6.07) is 0. The molecule has 0 aliphatic carbocycles. The molecule has 94 valence electrons. The maximum Gasteiger partial charge on any atom is 0.412 e. The molecule has 0 aromatic heterocycles. The fourth-order valence-electron chi connectivity index (χ4n) is 1.45. The fourth-order valence-corrected chi connectivity index (χ4v) is 2.81. The summed E-state index contributed by atoms with van der Waals surface area (Å²) in [6.45, 7) is 2.88. The first-order valence-corrected chi connectivity index (χ1v) is 5.42. The Morgan fingerprint density at radius 1 is 0.938 bits per heavy atom. The highest BCUT2D eigenvalue weighted by Crippen LogP contribution is 2.57. The lowest BCUT2D eigenvalue weighted by atomic mass is 9.94. The van der Waals surface area contributed by atoms with Crippen LogP contribution in [0.15, 0.2) is 11.1 Å². The first-order valence-electron chi connectivity index (χ1n) is 4.44. The highest BCUT2D eigenvalue weighted by Gasteiger charge is 2.71. The van der Waals surface area contributed by atoms with Gasteiger partial charge in [-0.15, -0.1) is 11.8 Å². The lowest BCUT2D eigenvalue weighted by molar-refractivity contribution is -0.264. The number of thioether (sulfide) groups is 1. The van der Waals surface area contributed by atoms with Crippen LogP contribution in [0.2, 0.25) is 0 Å². The van der Waals surface area contributed by atoms with Gasteiger partial charge in [-0.3, -0.25) is 0 Å². The predicted octanol–water partition coefficient (Wildman–Crippen LogP) is 4.32. The Kier molecular flexibility index (Phi) is 3.31. The van der Waals surface area contributed by atoms with Crippen molar-refractivity contribution in [2.45, 2.75) is 37.4 Å². The molecule has 1 heterocycles. The van der Waals surface area contributed by atoms with Crippen molar-refractivity contribution < 1.29 is 26.3 Å². The molecule has 0 radical (unpaired) electrons. The molecule has 1 aliphatic heterocycles. The molecule has 0 bridgehead atoms. The first kappa shape index (κ1) is 13.7. The molecule has 16 heavy (non-hydrogen) atoms. The summed E-state index contributed by atoms with van der Waals surface area (Å²) in [6.07, 6.45) is -11.6. The minimum absolute atomic E-state index is 0.0715. The number of rotatable bonds is 0. The van der Waals surface area contributed by atoms with Crippen molar-refractivity contribution >= 4 is 11.8 Å². The van der Waals surface area contributed by atoms with Crippen LogP contribution in [-0.4, -0.2) is 22.9 Å². The molecule has 0 saturated heterocycles. The summed E-state index contributed by atoms with van der Waals surface area (Å²) in [4.78, 5) is 0. The SMILES string of the molecule is CC1=C(C)CC(C(F)(F)F)(C(F)(F)F)SC1. The molecule has 1 aliphatic rings. The standard InChI is InChI=1S/C9H10F6S/c1-5-3-7(8(10,11)12,9(13,14)15)16-4-6(5)2/h3-4H2,1-2H3. The van der Waals surface area contributed by atoms with Crippen molar-refractivity contribution in [3.63, 3.8) is 0 Å². The normalized spacial score (nSPS) is 22.5. The maximum absolute atomic E-state index is 12.6. The van der Waals surface area contributed by atoms with Gasteiger partial charge in [-0.25, -0.2) is 0 Å². The highest BCUT2D eigenvalue weighted by molar-refractivity contribution is 8.01. The van der Waals surface area contributed by atoms with Crippen LogP contribution < -0.4 is 0 Å². The Labute approximate surface area is 93.1 Å². The number of hydrogen-bond donors (Lipinski definition) is 0. The Bertz CT molecular complexity index is 297. The van der Waals surface area contributed by atoms with Crippen LogP contribution in [0, 0.1) is 0 Å². The van der Waals surface area contributed by atoms with Crippen LogP contribution in [0.25, 0.3) is 0 Å². The van der Waals surface area contributed by atoms with Crippen LogP contribution in [0.1, 0.15) is 20.3 Å². The lowest BCUT2D eigenvalue weighted by Gasteiger charge is -2.40. The van der Waals surface area contributed by atoms with Crippen molar-refractivity contribution in [3.8, 4) is 0 Å². The van der Waals surface area contributed by atoms with E-state index in [0.29, 0.717) is 5.57 Å². The number of alkyl halides is 6. The summed E-state index contributed by atoms with van der Waals surface area (Å²) in [5.41, 5.74) is 0.766. The number of halogens is 6. The van der Waals surface area contributed by atoms with E-state index in [2.05, 4.69) is 0 Å². The Morgan fingerprint density at radius 2 is 1.38 bits per heavy atom. The van der Waals surface area contributed by atoms with Crippen molar-refractivity contribution in [3.05, 3.63) is 11.1 Å². The van der Waals surface area contributed by atoms with Crippen LogP contribution in [-0.2, 0) is 0 Å². The van der Waals surface area contributed by atoms with Gasteiger partial charge in [0, 0.05) is 12.2 Å². The molecule has 0 saturated carbocycles. The molecule has 1 rings (SSSR count). The third-order valence-electron chi connectivity index (χ3n) is 2.69. The molecule has 0 spiro atoms. The largest absolute Gasteiger partial charge is 0.412 e. The van der Waals surface area contributed by atoms with Crippen LogP contribution in [0.4, 0.5) is 26.3 Å². The van der Waals surface area contributed by atoms with Crippen molar-refractivity contribution in [1.29, 1.82) is 0 Å². The Morgan fingerprint density at radius 3 is 1.69 bits per heavy atom. The molecular formula is C9H10F6S. The average molecular weight is 264 g/mol. The van der Waals surface area contributed by atoms with E-state index >= 15 is 0 Å². The predicted molar refractivity (Wildman–Crippen MR) is 50.3 cm³/mol. The molecule has 0 aromatic carbocycles. The molecule has 0 N–H and O–H groups in total. The topological polar surface area (TPSA) is 0 Å². The van der Waals surface area contributed by atoms with Gasteiger partial charge in [-0.05, 0) is 13.8 Å². The summed E-state index contributed by atoms with van der Waals surface area (Å²) < 4.78 is 72.1. The van der Waals surface area contributed by atoms with Gasteiger partial charge in [0.1, 0.15) is 0 Å². The van der Waals surface area contributed by atoms with E-state index in [1.165, 1.54) is 6.92 Å². The molecule has 0 fully saturated rings. The second-order valence-electron chi connectivity index (χ2n) is 3.85. The minimum atomic E-state index is -5.28. The zero-order valence-electron chi connectivity index (χ0n) is 8.59. The maximum atomic E-state index is 12.6. The fraction of sp³-hybridized carbons (Fsp3) is 0.778. The van der Waals surface area contributed by atoms with Crippen molar-refractivity contribution in [1.82, 2.24) is 0 Å². The van der Waals surface area contributed by atoms with Gasteiger partial charge >= 0.3 is 12.4 Å². The number of hydrogen-bond acceptors (Lipinski definition) is 1. The third kappa shape index (κ3) is 2.06. The Hall–Kier alpha value is -0.330. The van der Waals surface area contributed by atoms with Gasteiger partial charge in [0.15, 0.2) is 0 Å². The van der Waals surface area contributed by atoms with E-state index in [1.54, 1.807) is 6.92 Å². The van der Waals surface area contributed by atoms with Crippen LogP contribution >= 0.6 is 11.8 Å². The average Bonchev–Trinajstić information content (AvgIpc) is 2.05. The molecule has 7 heteroatoms. The second-order valence-corrected chi connectivity index (χ2v) is 5.12. The molecule has 0 aromatic rings. The zero-order chi connectivity index (χ0) is 12.8. The zero-order valence-corrected chi connectivity index (χ0v) is 9.41. The van der Waals surface area contributed by atoms with Crippen molar-refractivity contribution in [2.75, 3.05) is 5.75 Å². The minimum Gasteiger partial charge on any atom is -0.169 e. The quantitative estimate of drug-likeness (QED) is 0.463. The lowest BCUT2D eigenvalue weighted by Crippen LogP contribution is -2.55. The summed E-state index contributed by atoms with van der Waals surface area (Å²) in [7, 11) is 0. The summed E-state index contributed by atoms with van der Waals surface area (Å²) in [5.74, 6) is -0.231. The van der Waals surface area contributed by atoms with Gasteiger partial charge < -0.3 is 0 Å². The monoisotopic (exact) mass is 264 g/mol. The van der Waals surface area contributed by atoms with Crippen molar-refractivity contribution in [2.24, 2.45) is 0 Å². The highest BCUT2D eigenvalue weighted by atomic mass is 32.2. The molecule has 0 amide bonds. The van der Waals surface area contributed by atoms with Gasteiger partial charge in [0.2, 0.25) is 4.75 Å². The third-order valence-corrected chi connectivity index (χ3v) is 4.37. The molecule has 0 unspecified atom stereocenters. The van der Waals surface area contributed by atoms with E-state index < -0.39 is 23.5 Å². The summed E-state index contributed by atoms with van der Waals surface area (Å²) >= 11 is -0.0715. The van der Waals surface area contributed by atoms with E-state index in [0.717, 1.165) is 0 Å². The van der Waals surface area contributed by atoms with E-state index in [4.69, 9.17) is 0 Å². The van der Waals surface area contributed by atoms with Crippen LogP contribution in [0.5, 0.6) is 0 Å². The molecular weight excluding hydrogens is 254 g/mol.